The highest BCUT2D eigenvalue weighted by Crippen LogP contribution is 2.19. The standard InChI is InChI=1S/C13H19N3/c1-5-14-10(4)13-15-11-6-8(2)9(3)7-12(11)16-13/h6-7,10,14H,5H2,1-4H3,(H,15,16). The molecule has 0 saturated heterocycles. The van der Waals surface area contributed by atoms with E-state index in [0.717, 1.165) is 23.4 Å². The number of nitrogens with one attached hydrogen (secondary N) is 2. The Bertz CT molecular complexity index is 460. The zero-order valence-electron chi connectivity index (χ0n) is 10.4. The number of benzene rings is 1. The van der Waals surface area contributed by atoms with Crippen LogP contribution in [0.25, 0.3) is 11.0 Å². The van der Waals surface area contributed by atoms with Gasteiger partial charge in [0, 0.05) is 0 Å². The minimum Gasteiger partial charge on any atom is -0.341 e. The fraction of sp³-hybridized carbons (Fsp3) is 0.462. The van der Waals surface area contributed by atoms with Crippen LogP contribution >= 0.6 is 0 Å². The van der Waals surface area contributed by atoms with Crippen LogP contribution < -0.4 is 5.32 Å². The molecule has 0 radical (unpaired) electrons. The summed E-state index contributed by atoms with van der Waals surface area (Å²) in [5.74, 6) is 1.02. The molecule has 1 atom stereocenters. The summed E-state index contributed by atoms with van der Waals surface area (Å²) in [5, 5.41) is 3.36. The highest BCUT2D eigenvalue weighted by molar-refractivity contribution is 5.77. The predicted octanol–water partition coefficient (Wildman–Crippen LogP) is 2.85. The molecule has 2 N–H and O–H groups in total. The number of aryl methyl sites for hydroxylation is 2. The van der Waals surface area contributed by atoms with Crippen LogP contribution in [0.1, 0.15) is 36.8 Å². The van der Waals surface area contributed by atoms with Crippen LogP contribution in [0.4, 0.5) is 0 Å². The molecular weight excluding hydrogens is 198 g/mol. The molecule has 0 aliphatic carbocycles. The molecule has 16 heavy (non-hydrogen) atoms. The van der Waals surface area contributed by atoms with Crippen molar-refractivity contribution in [3.8, 4) is 0 Å². The van der Waals surface area contributed by atoms with Gasteiger partial charge in [-0.2, -0.15) is 0 Å². The maximum atomic E-state index is 4.62. The first kappa shape index (κ1) is 11.1. The number of H-pyrrole nitrogens is 1. The number of aromatic amines is 1. The van der Waals surface area contributed by atoms with E-state index in [1.165, 1.54) is 11.1 Å². The molecule has 0 fully saturated rings. The van der Waals surface area contributed by atoms with Crippen molar-refractivity contribution in [1.82, 2.24) is 15.3 Å². The van der Waals surface area contributed by atoms with Gasteiger partial charge in [-0.25, -0.2) is 4.98 Å². The lowest BCUT2D eigenvalue weighted by Crippen LogP contribution is -2.18. The Morgan fingerprint density at radius 3 is 2.69 bits per heavy atom. The second-order valence-corrected chi connectivity index (χ2v) is 4.36. The van der Waals surface area contributed by atoms with Gasteiger partial charge in [0.2, 0.25) is 0 Å². The molecule has 0 bridgehead atoms. The summed E-state index contributed by atoms with van der Waals surface area (Å²) in [7, 11) is 0. The molecular formula is C13H19N3. The van der Waals surface area contributed by atoms with Crippen molar-refractivity contribution in [2.45, 2.75) is 33.7 Å². The van der Waals surface area contributed by atoms with E-state index >= 15 is 0 Å². The van der Waals surface area contributed by atoms with Crippen LogP contribution in [0, 0.1) is 13.8 Å². The largest absolute Gasteiger partial charge is 0.341 e. The maximum Gasteiger partial charge on any atom is 0.124 e. The lowest BCUT2D eigenvalue weighted by Gasteiger charge is -2.07. The normalized spacial score (nSPS) is 13.2. The molecule has 0 aliphatic heterocycles. The van der Waals surface area contributed by atoms with Crippen molar-refractivity contribution >= 4 is 11.0 Å². The Morgan fingerprint density at radius 1 is 1.31 bits per heavy atom. The second kappa shape index (κ2) is 4.26. The molecule has 2 aromatic rings. The third kappa shape index (κ3) is 1.95. The van der Waals surface area contributed by atoms with Crippen LogP contribution in [0.2, 0.25) is 0 Å². The summed E-state index contributed by atoms with van der Waals surface area (Å²) in [4.78, 5) is 7.99. The van der Waals surface area contributed by atoms with Crippen LogP contribution in [0.5, 0.6) is 0 Å². The first-order chi connectivity index (χ1) is 7.61. The highest BCUT2D eigenvalue weighted by Gasteiger charge is 2.09. The van der Waals surface area contributed by atoms with Crippen molar-refractivity contribution in [2.75, 3.05) is 6.54 Å². The summed E-state index contributed by atoms with van der Waals surface area (Å²) < 4.78 is 0. The molecule has 1 aromatic heterocycles. The summed E-state index contributed by atoms with van der Waals surface area (Å²) in [6, 6.07) is 4.58. The van der Waals surface area contributed by atoms with E-state index < -0.39 is 0 Å². The van der Waals surface area contributed by atoms with Crippen molar-refractivity contribution in [3.63, 3.8) is 0 Å². The Morgan fingerprint density at radius 2 is 2.00 bits per heavy atom. The monoisotopic (exact) mass is 217 g/mol. The van der Waals surface area contributed by atoms with E-state index in [1.54, 1.807) is 0 Å². The number of hydrogen-bond donors (Lipinski definition) is 2. The average molecular weight is 217 g/mol. The van der Waals surface area contributed by atoms with Crippen LogP contribution in [0.3, 0.4) is 0 Å². The molecule has 0 aliphatic rings. The van der Waals surface area contributed by atoms with Crippen molar-refractivity contribution in [2.24, 2.45) is 0 Å². The molecule has 1 aromatic carbocycles. The smallest absolute Gasteiger partial charge is 0.124 e. The summed E-state index contributed by atoms with van der Waals surface area (Å²) in [5.41, 5.74) is 4.78. The van der Waals surface area contributed by atoms with Crippen molar-refractivity contribution < 1.29 is 0 Å². The van der Waals surface area contributed by atoms with Gasteiger partial charge < -0.3 is 10.3 Å². The van der Waals surface area contributed by atoms with E-state index in [9.17, 15) is 0 Å². The Balaban J connectivity index is 2.43. The van der Waals surface area contributed by atoms with Crippen LogP contribution in [-0.4, -0.2) is 16.5 Å². The molecule has 0 spiro atoms. The third-order valence-electron chi connectivity index (χ3n) is 3.04. The minimum absolute atomic E-state index is 0.276. The molecule has 1 heterocycles. The van der Waals surface area contributed by atoms with E-state index in [1.807, 2.05) is 0 Å². The zero-order chi connectivity index (χ0) is 11.7. The van der Waals surface area contributed by atoms with E-state index in [-0.39, 0.29) is 6.04 Å². The topological polar surface area (TPSA) is 40.7 Å². The minimum atomic E-state index is 0.276. The van der Waals surface area contributed by atoms with Gasteiger partial charge in [0.25, 0.3) is 0 Å². The summed E-state index contributed by atoms with van der Waals surface area (Å²) >= 11 is 0. The molecule has 0 saturated carbocycles. The maximum absolute atomic E-state index is 4.62. The number of nitrogens with zero attached hydrogens (tertiary/aromatic N) is 1. The zero-order valence-corrected chi connectivity index (χ0v) is 10.4. The average Bonchev–Trinajstić information content (AvgIpc) is 2.62. The number of fused-ring (bicyclic) bond motifs is 1. The number of hydrogen-bond acceptors (Lipinski definition) is 2. The number of rotatable bonds is 3. The number of imidazole rings is 1. The first-order valence-electron chi connectivity index (χ1n) is 5.82. The molecule has 86 valence electrons. The fourth-order valence-corrected chi connectivity index (χ4v) is 1.90. The van der Waals surface area contributed by atoms with Crippen LogP contribution in [0.15, 0.2) is 12.1 Å². The number of aromatic nitrogens is 2. The van der Waals surface area contributed by atoms with Crippen molar-refractivity contribution in [1.29, 1.82) is 0 Å². The van der Waals surface area contributed by atoms with Gasteiger partial charge in [-0.15, -0.1) is 0 Å². The fourth-order valence-electron chi connectivity index (χ4n) is 1.90. The molecule has 0 amide bonds. The third-order valence-corrected chi connectivity index (χ3v) is 3.04. The Kier molecular flexibility index (Phi) is 2.97. The van der Waals surface area contributed by atoms with Crippen LogP contribution in [-0.2, 0) is 0 Å². The molecule has 2 rings (SSSR count). The van der Waals surface area contributed by atoms with E-state index in [2.05, 4.69) is 55.1 Å². The molecule has 3 heteroatoms. The van der Waals surface area contributed by atoms with Gasteiger partial charge >= 0.3 is 0 Å². The summed E-state index contributed by atoms with van der Waals surface area (Å²) in [6.45, 7) is 9.44. The first-order valence-corrected chi connectivity index (χ1v) is 5.82. The second-order valence-electron chi connectivity index (χ2n) is 4.36. The van der Waals surface area contributed by atoms with Gasteiger partial charge in [0.15, 0.2) is 0 Å². The molecule has 3 nitrogen and oxygen atoms in total. The Hall–Kier alpha value is -1.35. The SMILES string of the molecule is CCNC(C)c1nc2cc(C)c(C)cc2[nH]1. The van der Waals surface area contributed by atoms with Gasteiger partial charge in [0.05, 0.1) is 17.1 Å². The predicted molar refractivity (Wildman–Crippen MR) is 67.7 cm³/mol. The van der Waals surface area contributed by atoms with Crippen molar-refractivity contribution in [3.05, 3.63) is 29.1 Å². The lowest BCUT2D eigenvalue weighted by molar-refractivity contribution is 0.573. The van der Waals surface area contributed by atoms with Gasteiger partial charge in [-0.1, -0.05) is 6.92 Å². The highest BCUT2D eigenvalue weighted by atomic mass is 15.0. The lowest BCUT2D eigenvalue weighted by atomic mass is 10.1. The van der Waals surface area contributed by atoms with Gasteiger partial charge in [0.1, 0.15) is 5.82 Å². The quantitative estimate of drug-likeness (QED) is 0.830. The van der Waals surface area contributed by atoms with E-state index in [4.69, 9.17) is 0 Å². The van der Waals surface area contributed by atoms with E-state index in [0.29, 0.717) is 0 Å². The summed E-state index contributed by atoms with van der Waals surface area (Å²) in [6.07, 6.45) is 0. The molecule has 1 unspecified atom stereocenters. The van der Waals surface area contributed by atoms with Gasteiger partial charge in [-0.3, -0.25) is 0 Å². The Labute approximate surface area is 96.3 Å². The van der Waals surface area contributed by atoms with Gasteiger partial charge in [-0.05, 0) is 50.6 Å².